The molecule has 8 heterocycles. The molecule has 8 saturated heterocycles. The van der Waals surface area contributed by atoms with Gasteiger partial charge < -0.3 is 77.5 Å². The number of morpholine rings is 5. The maximum Gasteiger partial charge on any atom is 0.346 e. The number of nitrogens with two attached hydrogens (primary N) is 1. The van der Waals surface area contributed by atoms with Gasteiger partial charge in [0.25, 0.3) is 0 Å². The molecule has 0 aliphatic carbocycles. The van der Waals surface area contributed by atoms with E-state index in [-0.39, 0.29) is 146 Å². The molecule has 0 saturated carbocycles. The fourth-order valence-corrected chi connectivity index (χ4v) is 15.9. The van der Waals surface area contributed by atoms with Crippen LogP contribution in [0.15, 0.2) is 0 Å². The quantitative estimate of drug-likeness (QED) is 0.0338. The molecular weight excluding hydrogens is 1280 g/mol. The van der Waals surface area contributed by atoms with Crippen LogP contribution in [0.25, 0.3) is 0 Å². The number of nitrogens with one attached hydrogen (secondary N) is 1. The first-order valence-corrected chi connectivity index (χ1v) is 35.8. The number of nitrogens with zero attached hydrogens (tertiary/aromatic N) is 8. The maximum atomic E-state index is 14.9. The van der Waals surface area contributed by atoms with Crippen molar-refractivity contribution in [1.82, 2.24) is 43.6 Å². The van der Waals surface area contributed by atoms with Crippen molar-refractivity contribution in [1.29, 1.82) is 0 Å². The second-order valence-electron chi connectivity index (χ2n) is 26.9. The third kappa shape index (κ3) is 30.4. The molecule has 8 rings (SSSR count). The Morgan fingerprint density at radius 2 is 0.926 bits per heavy atom. The Kier molecular flexibility index (Phi) is 36.0. The average Bonchev–Trinajstić information content (AvgIpc) is 1.00. The number of aliphatic carboxylic acids is 2. The Morgan fingerprint density at radius 1 is 0.526 bits per heavy atom. The Bertz CT molecular complexity index is 2460. The van der Waals surface area contributed by atoms with Crippen molar-refractivity contribution in [2.24, 2.45) is 5.90 Å². The molecule has 0 aromatic heterocycles. The zero-order chi connectivity index (χ0) is 70.9. The standard InChI is InChI=1S/C26H43B2N4O11P.C22H43B2N4O5P.C6H13NO.C4H4O3.H3NO/c1-26(2,3)40-16-19-13-32(15-21(28)43-19)44(39,31-10-8-29(9-11-31)22(33)4-6-24(35)36)41-17-18-12-30(14-20(27)42-18)23(34)5-7-25(37)38;1-21(2,3)26-11-17(32-19(23)13-26)16-31-34(29,27-9-7-25-8-10-27)28-12-18(33-20(24)14-28)15-30-22(4,5)6;1-2-7-3-5-8-6-4-7;5-3-1-2-4(6)7-3;1-2/h18-21H,4-17H2,1-3H3,(H,35,36)(H,37,38);17-20,25H,7-16H2,1-6H3;2-6H2,1H3;1-2H2;2H,1H2. The second-order valence-corrected chi connectivity index (χ2v) is 31.7. The minimum absolute atomic E-state index is 0.0425. The molecule has 6 N–H and O–H groups in total. The van der Waals surface area contributed by atoms with E-state index in [4.69, 9.17) is 89.0 Å². The average molecular weight is 1380 g/mol. The summed E-state index contributed by atoms with van der Waals surface area (Å²) in [5, 5.41) is 27.7. The van der Waals surface area contributed by atoms with Gasteiger partial charge in [0.05, 0.1) is 101 Å². The smallest absolute Gasteiger partial charge is 0.346 e. The Labute approximate surface area is 567 Å². The topological polar surface area (TPSA) is 354 Å². The predicted molar refractivity (Wildman–Crippen MR) is 353 cm³/mol. The maximum absolute atomic E-state index is 14.9. The van der Waals surface area contributed by atoms with Crippen LogP contribution in [0.2, 0.25) is 0 Å². The lowest BCUT2D eigenvalue weighted by Gasteiger charge is -2.47. The van der Waals surface area contributed by atoms with Gasteiger partial charge in [-0.3, -0.25) is 47.7 Å². The summed E-state index contributed by atoms with van der Waals surface area (Å²) in [7, 11) is 17.4. The Balaban J connectivity index is 0.000000328. The third-order valence-corrected chi connectivity index (χ3v) is 21.1. The molecule has 10 unspecified atom stereocenters. The molecule has 0 bridgehead atoms. The molecule has 8 aliphatic heterocycles. The lowest BCUT2D eigenvalue weighted by atomic mass is 9.94. The number of hydrogen-bond acceptors (Lipinski definition) is 23. The minimum atomic E-state index is -3.84. The predicted octanol–water partition coefficient (Wildman–Crippen LogP) is 0.261. The van der Waals surface area contributed by atoms with Crippen LogP contribution >= 0.6 is 15.3 Å². The van der Waals surface area contributed by atoms with Gasteiger partial charge in [-0.2, -0.15) is 0 Å². The van der Waals surface area contributed by atoms with Crippen LogP contribution in [0.5, 0.6) is 0 Å². The van der Waals surface area contributed by atoms with E-state index in [2.05, 4.69) is 53.4 Å². The molecule has 0 aromatic carbocycles. The molecule has 8 fully saturated rings. The summed E-state index contributed by atoms with van der Waals surface area (Å²) in [4.78, 5) is 74.6. The van der Waals surface area contributed by atoms with Crippen LogP contribution < -0.4 is 11.2 Å². The van der Waals surface area contributed by atoms with Gasteiger partial charge in [0.2, 0.25) is 11.8 Å². The molecule has 0 aromatic rings. The van der Waals surface area contributed by atoms with Crippen LogP contribution in [0.1, 0.15) is 108 Å². The number of carboxylic acids is 2. The van der Waals surface area contributed by atoms with Crippen molar-refractivity contribution >= 4 is 82.4 Å². The van der Waals surface area contributed by atoms with Crippen molar-refractivity contribution in [2.75, 3.05) is 164 Å². The monoisotopic (exact) mass is 1380 g/mol. The summed E-state index contributed by atoms with van der Waals surface area (Å²) in [6.45, 7) is 32.3. The summed E-state index contributed by atoms with van der Waals surface area (Å²) in [5.41, 5.74) is -0.784. The van der Waals surface area contributed by atoms with Gasteiger partial charge in [0, 0.05) is 160 Å². The lowest BCUT2D eigenvalue weighted by molar-refractivity contribution is -0.152. The fourth-order valence-electron chi connectivity index (χ4n) is 10.9. The Hall–Kier alpha value is -2.98. The van der Waals surface area contributed by atoms with Gasteiger partial charge in [-0.15, -0.1) is 0 Å². The zero-order valence-corrected chi connectivity index (χ0v) is 59.4. The van der Waals surface area contributed by atoms with E-state index in [1.54, 1.807) is 14.2 Å². The SMILES string of the molecule is CCN1CCOCC1.NO.O=C1CCC(=O)O1.[B]C1CN(C(=O)CCC(=O)O)CC(COP(=O)(N2CCN(C(=O)CCC(=O)O)CC2)N2CC([B])OC(COC(C)(C)C)C2)O1.[B]C1CN(C(C)(C)C)CC(COP(=O)(N2CCNCC2)N2CC([B])OC(COC(C)(C)C)C2)O1. The fraction of sp³-hybridized carbons (Fsp3) is 0.897. The largest absolute Gasteiger partial charge is 0.481 e. The van der Waals surface area contributed by atoms with Crippen molar-refractivity contribution in [3.05, 3.63) is 0 Å². The number of rotatable bonds is 21. The van der Waals surface area contributed by atoms with Crippen molar-refractivity contribution < 1.29 is 100 Å². The number of amides is 2. The molecule has 95 heavy (non-hydrogen) atoms. The number of hydrogen-bond donors (Lipinski definition) is 5. The number of carboxylic acid groups (broad SMARTS) is 2. The van der Waals surface area contributed by atoms with E-state index in [0.717, 1.165) is 39.4 Å². The van der Waals surface area contributed by atoms with Gasteiger partial charge in [0.1, 0.15) is 31.4 Å². The van der Waals surface area contributed by atoms with E-state index in [1.165, 1.54) is 11.4 Å². The summed E-state index contributed by atoms with van der Waals surface area (Å²) in [6.07, 6.45) is -2.19. The van der Waals surface area contributed by atoms with Crippen LogP contribution in [-0.2, 0) is 84.8 Å². The van der Waals surface area contributed by atoms with E-state index >= 15 is 0 Å². The molecule has 0 spiro atoms. The molecule has 31 nitrogen and oxygen atoms in total. The zero-order valence-electron chi connectivity index (χ0n) is 57.6. The van der Waals surface area contributed by atoms with Crippen LogP contribution in [0, 0.1) is 0 Å². The van der Waals surface area contributed by atoms with Crippen molar-refractivity contribution in [3.8, 4) is 0 Å². The summed E-state index contributed by atoms with van der Waals surface area (Å²) < 4.78 is 93.7. The number of ether oxygens (including phenoxy) is 8. The number of carbonyl (C=O) groups excluding carboxylic acids is 4. The lowest BCUT2D eigenvalue weighted by Crippen LogP contribution is -2.56. The number of cyclic esters (lactones) is 2. The highest BCUT2D eigenvalue weighted by Gasteiger charge is 2.47. The summed E-state index contributed by atoms with van der Waals surface area (Å²) in [6, 6.07) is -2.61. The van der Waals surface area contributed by atoms with Gasteiger partial charge >= 0.3 is 39.2 Å². The highest BCUT2D eigenvalue weighted by atomic mass is 31.2. The first kappa shape index (κ1) is 84.4. The van der Waals surface area contributed by atoms with Crippen LogP contribution in [-0.4, -0.2) is 350 Å². The number of likely N-dealkylation sites (N-methyl/N-ethyl adjacent to an activating group) is 1. The minimum Gasteiger partial charge on any atom is -0.481 e. The molecular formula is C58H106B4N10O21P2. The van der Waals surface area contributed by atoms with Gasteiger partial charge in [0.15, 0.2) is 0 Å². The van der Waals surface area contributed by atoms with E-state index in [1.807, 2.05) is 50.9 Å². The van der Waals surface area contributed by atoms with Crippen molar-refractivity contribution in [2.45, 2.75) is 173 Å². The highest BCUT2D eigenvalue weighted by Crippen LogP contribution is 2.57. The molecule has 8 radical (unpaired) electrons. The number of carbonyl (C=O) groups is 6. The molecule has 10 atom stereocenters. The van der Waals surface area contributed by atoms with Gasteiger partial charge in [-0.25, -0.2) is 24.6 Å². The van der Waals surface area contributed by atoms with Crippen LogP contribution in [0.4, 0.5) is 0 Å². The second kappa shape index (κ2) is 40.5. The molecule has 37 heteroatoms. The first-order chi connectivity index (χ1) is 44.5. The van der Waals surface area contributed by atoms with Gasteiger partial charge in [-0.1, -0.05) is 6.92 Å². The van der Waals surface area contributed by atoms with Crippen LogP contribution in [0.3, 0.4) is 0 Å². The van der Waals surface area contributed by atoms with Crippen molar-refractivity contribution in [3.63, 3.8) is 0 Å². The highest BCUT2D eigenvalue weighted by molar-refractivity contribution is 7.54. The normalized spacial score (nSPS) is 27.9. The third-order valence-electron chi connectivity index (χ3n) is 15.8. The first-order valence-electron chi connectivity index (χ1n) is 32.7. The van der Waals surface area contributed by atoms with E-state index in [0.29, 0.717) is 45.9 Å². The summed E-state index contributed by atoms with van der Waals surface area (Å²) >= 11 is 0. The van der Waals surface area contributed by atoms with E-state index in [9.17, 15) is 37.9 Å². The number of piperazine rings is 2. The Morgan fingerprint density at radius 3 is 1.32 bits per heavy atom. The summed E-state index contributed by atoms with van der Waals surface area (Å²) in [5.74, 6) is -0.127. The number of esters is 2. The van der Waals surface area contributed by atoms with E-state index < -0.39 is 81.0 Å². The molecule has 2 amide bonds. The van der Waals surface area contributed by atoms with Gasteiger partial charge in [-0.05, 0) is 68.9 Å². The molecule has 8 aliphatic rings. The molecule has 536 valence electrons.